The van der Waals surface area contributed by atoms with Gasteiger partial charge < -0.3 is 14.9 Å². The van der Waals surface area contributed by atoms with E-state index < -0.39 is 18.2 Å². The molecule has 0 spiro atoms. The number of methoxy groups -OCH3 is 1. The molecule has 0 saturated heterocycles. The van der Waals surface area contributed by atoms with Gasteiger partial charge in [0, 0.05) is 0 Å². The van der Waals surface area contributed by atoms with Gasteiger partial charge in [0.2, 0.25) is 0 Å². The molecule has 18 heavy (non-hydrogen) atoms. The first kappa shape index (κ1) is 14.2. The van der Waals surface area contributed by atoms with Gasteiger partial charge in [-0.05, 0) is 30.2 Å². The van der Waals surface area contributed by atoms with Crippen LogP contribution in [-0.2, 0) is 9.53 Å². The highest BCUT2D eigenvalue weighted by molar-refractivity contribution is 5.69. The lowest BCUT2D eigenvalue weighted by molar-refractivity contribution is -0.144. The van der Waals surface area contributed by atoms with Gasteiger partial charge in [-0.2, -0.15) is 5.26 Å². The number of carbonyl (C=O) groups is 1. The first-order valence-corrected chi connectivity index (χ1v) is 5.43. The van der Waals surface area contributed by atoms with Crippen LogP contribution >= 0.6 is 0 Å². The van der Waals surface area contributed by atoms with E-state index in [1.165, 1.54) is 7.11 Å². The molecule has 1 rings (SSSR count). The highest BCUT2D eigenvalue weighted by atomic mass is 16.5. The van der Waals surface area contributed by atoms with E-state index in [-0.39, 0.29) is 6.42 Å². The van der Waals surface area contributed by atoms with Gasteiger partial charge in [0.15, 0.2) is 0 Å². The van der Waals surface area contributed by atoms with Crippen molar-refractivity contribution in [2.75, 3.05) is 7.11 Å². The standard InChI is InChI=1S/C13H15NO4/c1-8-5-9(7-14)3-4-10(8)13(17)11(15)6-12(16)18-2/h3-5,11,13,15,17H,6H2,1-2H3. The summed E-state index contributed by atoms with van der Waals surface area (Å²) < 4.78 is 4.42. The first-order chi connectivity index (χ1) is 8.49. The number of aliphatic hydroxyl groups excluding tert-OH is 2. The fourth-order valence-electron chi connectivity index (χ4n) is 1.65. The van der Waals surface area contributed by atoms with E-state index in [0.717, 1.165) is 0 Å². The number of aryl methyl sites for hydroxylation is 1. The van der Waals surface area contributed by atoms with Crippen LogP contribution in [0.25, 0.3) is 0 Å². The lowest BCUT2D eigenvalue weighted by Crippen LogP contribution is -2.23. The Bertz CT molecular complexity index is 478. The van der Waals surface area contributed by atoms with Crippen molar-refractivity contribution in [3.05, 3.63) is 34.9 Å². The fraction of sp³-hybridized carbons (Fsp3) is 0.385. The Morgan fingerprint density at radius 1 is 1.50 bits per heavy atom. The second-order valence-electron chi connectivity index (χ2n) is 3.98. The third-order valence-corrected chi connectivity index (χ3v) is 2.69. The number of carbonyl (C=O) groups excluding carboxylic acids is 1. The molecule has 0 aromatic heterocycles. The highest BCUT2D eigenvalue weighted by Crippen LogP contribution is 2.23. The summed E-state index contributed by atoms with van der Waals surface area (Å²) in [6.45, 7) is 1.73. The van der Waals surface area contributed by atoms with Crippen molar-refractivity contribution in [3.8, 4) is 6.07 Å². The van der Waals surface area contributed by atoms with E-state index in [0.29, 0.717) is 16.7 Å². The molecule has 0 fully saturated rings. The largest absolute Gasteiger partial charge is 0.469 e. The Kier molecular flexibility index (Phi) is 4.84. The lowest BCUT2D eigenvalue weighted by Gasteiger charge is -2.19. The molecule has 0 saturated carbocycles. The summed E-state index contributed by atoms with van der Waals surface area (Å²) in [5.74, 6) is -0.590. The zero-order valence-corrected chi connectivity index (χ0v) is 10.3. The van der Waals surface area contributed by atoms with E-state index in [1.807, 2.05) is 6.07 Å². The van der Waals surface area contributed by atoms with Crippen LogP contribution in [0, 0.1) is 18.3 Å². The minimum Gasteiger partial charge on any atom is -0.469 e. The number of nitrogens with zero attached hydrogens (tertiary/aromatic N) is 1. The van der Waals surface area contributed by atoms with Gasteiger partial charge in [0.1, 0.15) is 6.10 Å². The molecule has 0 heterocycles. The second kappa shape index (κ2) is 6.15. The van der Waals surface area contributed by atoms with E-state index in [2.05, 4.69) is 4.74 Å². The second-order valence-corrected chi connectivity index (χ2v) is 3.98. The maximum Gasteiger partial charge on any atom is 0.308 e. The molecule has 1 aromatic carbocycles. The molecule has 0 bridgehead atoms. The summed E-state index contributed by atoms with van der Waals surface area (Å²) in [7, 11) is 1.22. The van der Waals surface area contributed by atoms with Crippen LogP contribution in [0.2, 0.25) is 0 Å². The van der Waals surface area contributed by atoms with Gasteiger partial charge in [0.05, 0.1) is 31.3 Å². The summed E-state index contributed by atoms with van der Waals surface area (Å²) >= 11 is 0. The molecule has 96 valence electrons. The van der Waals surface area contributed by atoms with Crippen molar-refractivity contribution in [2.45, 2.75) is 25.6 Å². The molecule has 2 N–H and O–H groups in total. The molecule has 5 nitrogen and oxygen atoms in total. The minimum atomic E-state index is -1.23. The number of esters is 1. The van der Waals surface area contributed by atoms with Crippen LogP contribution < -0.4 is 0 Å². The average Bonchev–Trinajstić information content (AvgIpc) is 2.37. The van der Waals surface area contributed by atoms with Crippen LogP contribution in [0.4, 0.5) is 0 Å². The molecule has 0 aliphatic heterocycles. The number of aliphatic hydroxyl groups is 2. The SMILES string of the molecule is COC(=O)CC(O)C(O)c1ccc(C#N)cc1C. The molecule has 0 radical (unpaired) electrons. The highest BCUT2D eigenvalue weighted by Gasteiger charge is 2.23. The Hall–Kier alpha value is -1.90. The summed E-state index contributed by atoms with van der Waals surface area (Å²) in [5, 5.41) is 28.4. The van der Waals surface area contributed by atoms with Crippen LogP contribution in [-0.4, -0.2) is 29.4 Å². The molecular formula is C13H15NO4. The average molecular weight is 249 g/mol. The predicted molar refractivity (Wildman–Crippen MR) is 63.5 cm³/mol. The van der Waals surface area contributed by atoms with E-state index in [4.69, 9.17) is 5.26 Å². The zero-order valence-electron chi connectivity index (χ0n) is 10.3. The van der Waals surface area contributed by atoms with Gasteiger partial charge in [-0.1, -0.05) is 6.07 Å². The summed E-state index contributed by atoms with van der Waals surface area (Å²) in [6.07, 6.45) is -2.70. The van der Waals surface area contributed by atoms with Crippen molar-refractivity contribution in [1.29, 1.82) is 5.26 Å². The molecule has 0 amide bonds. The maximum atomic E-state index is 11.0. The van der Waals surface area contributed by atoms with E-state index in [9.17, 15) is 15.0 Å². The Morgan fingerprint density at radius 3 is 2.67 bits per heavy atom. The molecular weight excluding hydrogens is 234 g/mol. The molecule has 0 aliphatic rings. The van der Waals surface area contributed by atoms with Crippen molar-refractivity contribution in [3.63, 3.8) is 0 Å². The van der Waals surface area contributed by atoms with Crippen molar-refractivity contribution in [2.24, 2.45) is 0 Å². The maximum absolute atomic E-state index is 11.0. The summed E-state index contributed by atoms with van der Waals surface area (Å²) in [4.78, 5) is 11.0. The van der Waals surface area contributed by atoms with E-state index in [1.54, 1.807) is 25.1 Å². The molecule has 2 atom stereocenters. The van der Waals surface area contributed by atoms with Gasteiger partial charge in [-0.3, -0.25) is 4.79 Å². The zero-order chi connectivity index (χ0) is 13.7. The number of nitriles is 1. The van der Waals surface area contributed by atoms with Gasteiger partial charge in [-0.25, -0.2) is 0 Å². The van der Waals surface area contributed by atoms with E-state index >= 15 is 0 Å². The lowest BCUT2D eigenvalue weighted by atomic mass is 9.96. The van der Waals surface area contributed by atoms with Crippen LogP contribution in [0.15, 0.2) is 18.2 Å². The number of benzene rings is 1. The monoisotopic (exact) mass is 249 g/mol. The Balaban J connectivity index is 2.87. The Morgan fingerprint density at radius 2 is 2.17 bits per heavy atom. The fourth-order valence-corrected chi connectivity index (χ4v) is 1.65. The summed E-state index contributed by atoms with van der Waals surface area (Å²) in [6, 6.07) is 6.72. The molecule has 5 heteroatoms. The number of ether oxygens (including phenoxy) is 1. The predicted octanol–water partition coefficient (Wildman–Crippen LogP) is 0.824. The van der Waals surface area contributed by atoms with Crippen LogP contribution in [0.5, 0.6) is 0 Å². The third kappa shape index (κ3) is 3.29. The molecule has 1 aromatic rings. The topological polar surface area (TPSA) is 90.6 Å². The quantitative estimate of drug-likeness (QED) is 0.771. The van der Waals surface area contributed by atoms with Crippen molar-refractivity contribution < 1.29 is 19.7 Å². The Labute approximate surface area is 105 Å². The van der Waals surface area contributed by atoms with Crippen LogP contribution in [0.1, 0.15) is 29.2 Å². The van der Waals surface area contributed by atoms with Crippen molar-refractivity contribution >= 4 is 5.97 Å². The molecule has 0 aliphatic carbocycles. The van der Waals surface area contributed by atoms with Crippen LogP contribution in [0.3, 0.4) is 0 Å². The number of hydrogen-bond acceptors (Lipinski definition) is 5. The normalized spacial score (nSPS) is 13.5. The smallest absolute Gasteiger partial charge is 0.308 e. The first-order valence-electron chi connectivity index (χ1n) is 5.43. The number of rotatable bonds is 4. The van der Waals surface area contributed by atoms with Gasteiger partial charge in [-0.15, -0.1) is 0 Å². The number of hydrogen-bond donors (Lipinski definition) is 2. The van der Waals surface area contributed by atoms with Gasteiger partial charge >= 0.3 is 5.97 Å². The minimum absolute atomic E-state index is 0.281. The third-order valence-electron chi connectivity index (χ3n) is 2.69. The van der Waals surface area contributed by atoms with Gasteiger partial charge in [0.25, 0.3) is 0 Å². The van der Waals surface area contributed by atoms with Crippen molar-refractivity contribution in [1.82, 2.24) is 0 Å². The summed E-state index contributed by atoms with van der Waals surface area (Å²) in [5.41, 5.74) is 1.65. The molecule has 2 unspecified atom stereocenters.